The molecule has 2 amide bonds. The van der Waals surface area contributed by atoms with Gasteiger partial charge in [0.05, 0.1) is 5.56 Å². The lowest BCUT2D eigenvalue weighted by molar-refractivity contribution is -0.137. The maximum Gasteiger partial charge on any atom is 0.416 e. The van der Waals surface area contributed by atoms with Crippen LogP contribution in [-0.2, 0) is 11.0 Å². The highest BCUT2D eigenvalue weighted by molar-refractivity contribution is 6.04. The molecular formula is C22H23F3N2O2. The second kappa shape index (κ2) is 9.11. The van der Waals surface area contributed by atoms with Gasteiger partial charge in [-0.1, -0.05) is 37.5 Å². The first-order chi connectivity index (χ1) is 13.8. The smallest absolute Gasteiger partial charge is 0.326 e. The lowest BCUT2D eigenvalue weighted by Gasteiger charge is -2.21. The molecule has 7 heteroatoms. The Labute approximate surface area is 167 Å². The number of halogens is 3. The molecule has 2 aromatic rings. The van der Waals surface area contributed by atoms with E-state index in [4.69, 9.17) is 0 Å². The summed E-state index contributed by atoms with van der Waals surface area (Å²) in [5.74, 6) is -0.562. The molecule has 3 rings (SSSR count). The molecule has 0 saturated heterocycles. The van der Waals surface area contributed by atoms with Gasteiger partial charge in [0, 0.05) is 23.4 Å². The Kier molecular flexibility index (Phi) is 6.56. The normalized spacial score (nSPS) is 15.0. The lowest BCUT2D eigenvalue weighted by atomic mass is 9.87. The van der Waals surface area contributed by atoms with E-state index in [1.54, 1.807) is 30.3 Å². The summed E-state index contributed by atoms with van der Waals surface area (Å²) in [6, 6.07) is 11.3. The number of anilines is 2. The Morgan fingerprint density at radius 3 is 2.14 bits per heavy atom. The highest BCUT2D eigenvalue weighted by Crippen LogP contribution is 2.34. The first kappa shape index (κ1) is 20.9. The predicted octanol–water partition coefficient (Wildman–Crippen LogP) is 5.87. The van der Waals surface area contributed by atoms with Crippen LogP contribution in [0.3, 0.4) is 0 Å². The molecule has 154 valence electrons. The number of hydrogen-bond donors (Lipinski definition) is 2. The van der Waals surface area contributed by atoms with E-state index in [0.717, 1.165) is 44.2 Å². The maximum absolute atomic E-state index is 13.3. The zero-order chi connectivity index (χ0) is 20.9. The largest absolute Gasteiger partial charge is 0.416 e. The molecule has 0 atom stereocenters. The van der Waals surface area contributed by atoms with Crippen LogP contribution in [0, 0.1) is 5.92 Å². The fourth-order valence-corrected chi connectivity index (χ4v) is 3.59. The van der Waals surface area contributed by atoms with Gasteiger partial charge < -0.3 is 10.6 Å². The summed E-state index contributed by atoms with van der Waals surface area (Å²) >= 11 is 0. The number of benzene rings is 2. The zero-order valence-corrected chi connectivity index (χ0v) is 15.9. The molecule has 4 nitrogen and oxygen atoms in total. The fraction of sp³-hybridized carbons (Fsp3) is 0.364. The predicted molar refractivity (Wildman–Crippen MR) is 106 cm³/mol. The summed E-state index contributed by atoms with van der Waals surface area (Å²) in [6.07, 6.45) is 0.950. The van der Waals surface area contributed by atoms with Gasteiger partial charge in [-0.25, -0.2) is 0 Å². The summed E-state index contributed by atoms with van der Waals surface area (Å²) < 4.78 is 39.9. The van der Waals surface area contributed by atoms with Crippen molar-refractivity contribution in [1.82, 2.24) is 0 Å². The van der Waals surface area contributed by atoms with E-state index in [0.29, 0.717) is 12.0 Å². The monoisotopic (exact) mass is 404 g/mol. The molecule has 0 heterocycles. The molecule has 0 aliphatic heterocycles. The van der Waals surface area contributed by atoms with Crippen LogP contribution in [0.4, 0.5) is 24.5 Å². The lowest BCUT2D eigenvalue weighted by Crippen LogP contribution is -2.19. The van der Waals surface area contributed by atoms with Gasteiger partial charge in [0.1, 0.15) is 0 Å². The van der Waals surface area contributed by atoms with Crippen molar-refractivity contribution in [3.63, 3.8) is 0 Å². The molecule has 0 spiro atoms. The highest BCUT2D eigenvalue weighted by Gasteiger charge is 2.31. The fourth-order valence-electron chi connectivity index (χ4n) is 3.59. The Morgan fingerprint density at radius 1 is 0.897 bits per heavy atom. The minimum absolute atomic E-state index is 0.0176. The van der Waals surface area contributed by atoms with Crippen LogP contribution in [0.2, 0.25) is 0 Å². The summed E-state index contributed by atoms with van der Waals surface area (Å²) in [5, 5.41) is 5.04. The van der Waals surface area contributed by atoms with Crippen LogP contribution >= 0.6 is 0 Å². The Hall–Kier alpha value is -2.83. The standard InChI is InChI=1S/C22H23F3N2O2/c23-22(24,25)17-12-18(26-20(28)11-15-7-3-1-4-8-15)14-19(13-17)27-21(29)16-9-5-2-6-10-16/h2,5-6,9-10,12-15H,1,3-4,7-8,11H2,(H,26,28)(H,27,29). The summed E-state index contributed by atoms with van der Waals surface area (Å²) in [4.78, 5) is 24.6. The number of carbonyl (C=O) groups excluding carboxylic acids is 2. The van der Waals surface area contributed by atoms with Crippen LogP contribution < -0.4 is 10.6 Å². The third-order valence-corrected chi connectivity index (χ3v) is 5.04. The van der Waals surface area contributed by atoms with Crippen LogP contribution in [0.1, 0.15) is 54.4 Å². The Balaban J connectivity index is 1.76. The van der Waals surface area contributed by atoms with E-state index >= 15 is 0 Å². The summed E-state index contributed by atoms with van der Waals surface area (Å²) in [6.45, 7) is 0. The number of rotatable bonds is 5. The molecule has 1 aliphatic rings. The molecule has 0 bridgehead atoms. The van der Waals surface area contributed by atoms with Gasteiger partial charge in [-0.05, 0) is 49.1 Å². The van der Waals surface area contributed by atoms with Crippen molar-refractivity contribution in [1.29, 1.82) is 0 Å². The topological polar surface area (TPSA) is 58.2 Å². The molecule has 0 aromatic heterocycles. The van der Waals surface area contributed by atoms with E-state index in [1.165, 1.54) is 6.07 Å². The molecule has 1 saturated carbocycles. The molecule has 1 fully saturated rings. The number of carbonyl (C=O) groups is 2. The summed E-state index contributed by atoms with van der Waals surface area (Å²) in [5.41, 5.74) is -0.616. The molecule has 0 unspecified atom stereocenters. The van der Waals surface area contributed by atoms with Gasteiger partial charge >= 0.3 is 6.18 Å². The molecule has 2 N–H and O–H groups in total. The van der Waals surface area contributed by atoms with Gasteiger partial charge in [-0.2, -0.15) is 13.2 Å². The highest BCUT2D eigenvalue weighted by atomic mass is 19.4. The quantitative estimate of drug-likeness (QED) is 0.655. The van der Waals surface area contributed by atoms with Crippen LogP contribution in [-0.4, -0.2) is 11.8 Å². The van der Waals surface area contributed by atoms with E-state index in [9.17, 15) is 22.8 Å². The number of amides is 2. The Morgan fingerprint density at radius 2 is 1.52 bits per heavy atom. The third kappa shape index (κ3) is 6.07. The van der Waals surface area contributed by atoms with Crippen LogP contribution in [0.25, 0.3) is 0 Å². The third-order valence-electron chi connectivity index (χ3n) is 5.04. The van der Waals surface area contributed by atoms with E-state index < -0.39 is 17.6 Å². The molecular weight excluding hydrogens is 381 g/mol. The molecule has 29 heavy (non-hydrogen) atoms. The van der Waals surface area contributed by atoms with Gasteiger partial charge in [0.25, 0.3) is 5.91 Å². The van der Waals surface area contributed by atoms with Crippen LogP contribution in [0.15, 0.2) is 48.5 Å². The van der Waals surface area contributed by atoms with Crippen molar-refractivity contribution in [3.05, 3.63) is 59.7 Å². The average molecular weight is 404 g/mol. The number of nitrogens with one attached hydrogen (secondary N) is 2. The first-order valence-corrected chi connectivity index (χ1v) is 9.70. The van der Waals surface area contributed by atoms with Gasteiger partial charge in [0.15, 0.2) is 0 Å². The minimum Gasteiger partial charge on any atom is -0.326 e. The molecule has 1 aliphatic carbocycles. The van der Waals surface area contributed by atoms with Gasteiger partial charge in [-0.15, -0.1) is 0 Å². The van der Waals surface area contributed by atoms with Gasteiger partial charge in [-0.3, -0.25) is 9.59 Å². The Bertz CT molecular complexity index is 860. The first-order valence-electron chi connectivity index (χ1n) is 9.70. The second-order valence-electron chi connectivity index (χ2n) is 7.37. The maximum atomic E-state index is 13.3. The average Bonchev–Trinajstić information content (AvgIpc) is 2.68. The SMILES string of the molecule is O=C(CC1CCCCC1)Nc1cc(NC(=O)c2ccccc2)cc(C(F)(F)F)c1. The molecule has 2 aromatic carbocycles. The van der Waals surface area contributed by atoms with Crippen molar-refractivity contribution in [2.75, 3.05) is 10.6 Å². The van der Waals surface area contributed by atoms with E-state index in [2.05, 4.69) is 10.6 Å². The zero-order valence-electron chi connectivity index (χ0n) is 15.9. The van der Waals surface area contributed by atoms with Crippen molar-refractivity contribution < 1.29 is 22.8 Å². The van der Waals surface area contributed by atoms with Gasteiger partial charge in [0.2, 0.25) is 5.91 Å². The molecule has 0 radical (unpaired) electrons. The van der Waals surface area contributed by atoms with Crippen molar-refractivity contribution >= 4 is 23.2 Å². The minimum atomic E-state index is -4.60. The van der Waals surface area contributed by atoms with E-state index in [-0.39, 0.29) is 23.2 Å². The van der Waals surface area contributed by atoms with Crippen LogP contribution in [0.5, 0.6) is 0 Å². The van der Waals surface area contributed by atoms with Crippen molar-refractivity contribution in [2.24, 2.45) is 5.92 Å². The number of alkyl halides is 3. The van der Waals surface area contributed by atoms with E-state index in [1.807, 2.05) is 0 Å². The van der Waals surface area contributed by atoms with Crippen molar-refractivity contribution in [3.8, 4) is 0 Å². The second-order valence-corrected chi connectivity index (χ2v) is 7.37. The summed E-state index contributed by atoms with van der Waals surface area (Å²) in [7, 11) is 0. The van der Waals surface area contributed by atoms with Crippen molar-refractivity contribution in [2.45, 2.75) is 44.7 Å². The number of hydrogen-bond acceptors (Lipinski definition) is 2.